The summed E-state index contributed by atoms with van der Waals surface area (Å²) in [4.78, 5) is 33.3. The topological polar surface area (TPSA) is 59.7 Å². The molecule has 0 fully saturated rings. The molecule has 34 heavy (non-hydrogen) atoms. The summed E-state index contributed by atoms with van der Waals surface area (Å²) in [6.45, 7) is 0.815. The van der Waals surface area contributed by atoms with Crippen molar-refractivity contribution in [2.24, 2.45) is 0 Å². The summed E-state index contributed by atoms with van der Waals surface area (Å²) in [6.07, 6.45) is 1.11. The van der Waals surface area contributed by atoms with Gasteiger partial charge in [-0.1, -0.05) is 11.6 Å². The molecule has 0 saturated carbocycles. The zero-order chi connectivity index (χ0) is 24.1. The number of rotatable bonds is 0. The quantitative estimate of drug-likeness (QED) is 0.503. The number of carbonyl (C=O) groups excluding carboxylic acids is 1. The summed E-state index contributed by atoms with van der Waals surface area (Å²) >= 11 is 6.37. The molecule has 0 saturated heterocycles. The number of aromatic amines is 1. The van der Waals surface area contributed by atoms with Crippen molar-refractivity contribution in [3.63, 3.8) is 0 Å². The van der Waals surface area contributed by atoms with E-state index in [1.165, 1.54) is 23.1 Å². The predicted octanol–water partition coefficient (Wildman–Crippen LogP) is 4.58. The van der Waals surface area contributed by atoms with Crippen molar-refractivity contribution in [3.05, 3.63) is 86.0 Å². The minimum absolute atomic E-state index is 0.0564. The van der Waals surface area contributed by atoms with Crippen LogP contribution < -0.4 is 15.4 Å². The lowest BCUT2D eigenvalue weighted by Crippen LogP contribution is -2.46. The van der Waals surface area contributed by atoms with Gasteiger partial charge in [0.1, 0.15) is 12.5 Å². The summed E-state index contributed by atoms with van der Waals surface area (Å²) < 4.78 is 43.0. The molecule has 0 radical (unpaired) electrons. The maximum absolute atomic E-state index is 14.4. The zero-order valence-corrected chi connectivity index (χ0v) is 18.9. The Bertz CT molecular complexity index is 1380. The predicted molar refractivity (Wildman–Crippen MR) is 123 cm³/mol. The Labute approximate surface area is 198 Å². The van der Waals surface area contributed by atoms with Crippen molar-refractivity contribution >= 4 is 34.6 Å². The van der Waals surface area contributed by atoms with Crippen LogP contribution >= 0.6 is 11.6 Å². The van der Waals surface area contributed by atoms with Crippen LogP contribution in [0.15, 0.2) is 41.2 Å². The van der Waals surface area contributed by atoms with Crippen LogP contribution in [0.3, 0.4) is 0 Å². The fourth-order valence-corrected chi connectivity index (χ4v) is 4.78. The second-order valence-corrected chi connectivity index (χ2v) is 8.85. The van der Waals surface area contributed by atoms with E-state index in [1.807, 2.05) is 11.9 Å². The molecular weight excluding hydrogens is 469 g/mol. The van der Waals surface area contributed by atoms with Crippen molar-refractivity contribution < 1.29 is 18.0 Å². The molecule has 2 aliphatic heterocycles. The van der Waals surface area contributed by atoms with Gasteiger partial charge in [-0.3, -0.25) is 14.5 Å². The number of halogens is 4. The molecule has 10 heteroatoms. The molecule has 0 spiro atoms. The summed E-state index contributed by atoms with van der Waals surface area (Å²) in [7, 11) is 1.86. The average Bonchev–Trinajstić information content (AvgIpc) is 2.79. The maximum atomic E-state index is 14.4. The number of hydrogen-bond donors (Lipinski definition) is 1. The minimum atomic E-state index is -1.16. The van der Waals surface area contributed by atoms with Crippen LogP contribution in [0, 0.1) is 17.5 Å². The third kappa shape index (κ3) is 3.74. The Balaban J connectivity index is 1.80. The van der Waals surface area contributed by atoms with Crippen LogP contribution in [-0.2, 0) is 13.0 Å². The summed E-state index contributed by atoms with van der Waals surface area (Å²) in [5.41, 5.74) is 1.75. The van der Waals surface area contributed by atoms with E-state index in [0.717, 1.165) is 12.1 Å². The fourth-order valence-electron chi connectivity index (χ4n) is 4.56. The number of benzene rings is 2. The number of nitrogens with zero attached hydrogens (tertiary/aromatic N) is 3. The first kappa shape index (κ1) is 22.5. The van der Waals surface area contributed by atoms with Gasteiger partial charge in [0.15, 0.2) is 11.6 Å². The molecule has 0 aliphatic carbocycles. The highest BCUT2D eigenvalue weighted by atomic mass is 35.5. The van der Waals surface area contributed by atoms with E-state index < -0.39 is 23.4 Å². The van der Waals surface area contributed by atoms with Crippen molar-refractivity contribution in [1.29, 1.82) is 0 Å². The standard InChI is InChI=1S/C24H20ClF3N4O2/c1-30-8-2-3-18-20(6-7-22(33)29-18)32-12-31(19-5-4-15(26)23(25)14(19)11-30)21-10-17(28)16(27)9-13(21)24(32)34/h4-7,9-10H,2-3,8,11-12H2,1H3,(H,29,33). The third-order valence-electron chi connectivity index (χ3n) is 6.21. The lowest BCUT2D eigenvalue weighted by Gasteiger charge is -2.40. The molecule has 5 rings (SSSR count). The Morgan fingerprint density at radius 3 is 2.44 bits per heavy atom. The van der Waals surface area contributed by atoms with Crippen LogP contribution in [0.4, 0.5) is 30.2 Å². The molecule has 2 bridgehead atoms. The number of carbonyl (C=O) groups is 1. The molecule has 1 amide bonds. The molecule has 2 aromatic carbocycles. The van der Waals surface area contributed by atoms with Gasteiger partial charge >= 0.3 is 0 Å². The van der Waals surface area contributed by atoms with Gasteiger partial charge in [-0.15, -0.1) is 0 Å². The number of aromatic nitrogens is 1. The molecule has 1 aromatic heterocycles. The van der Waals surface area contributed by atoms with E-state index in [-0.39, 0.29) is 35.0 Å². The second kappa shape index (κ2) is 8.48. The van der Waals surface area contributed by atoms with Gasteiger partial charge in [0.05, 0.1) is 22.0 Å². The Morgan fingerprint density at radius 1 is 0.912 bits per heavy atom. The highest BCUT2D eigenvalue weighted by Crippen LogP contribution is 2.41. The van der Waals surface area contributed by atoms with E-state index in [2.05, 4.69) is 4.98 Å². The van der Waals surface area contributed by atoms with Gasteiger partial charge < -0.3 is 14.8 Å². The first-order chi connectivity index (χ1) is 16.2. The van der Waals surface area contributed by atoms with Crippen LogP contribution in [0.25, 0.3) is 0 Å². The number of anilines is 3. The van der Waals surface area contributed by atoms with Gasteiger partial charge in [0, 0.05) is 35.6 Å². The van der Waals surface area contributed by atoms with E-state index >= 15 is 0 Å². The number of nitrogens with one attached hydrogen (secondary N) is 1. The van der Waals surface area contributed by atoms with Gasteiger partial charge in [0.25, 0.3) is 5.91 Å². The number of hydrogen-bond acceptors (Lipinski definition) is 4. The van der Waals surface area contributed by atoms with Crippen molar-refractivity contribution in [1.82, 2.24) is 9.88 Å². The molecule has 3 aromatic rings. The summed E-state index contributed by atoms with van der Waals surface area (Å²) in [5, 5.41) is -0.0706. The van der Waals surface area contributed by atoms with Crippen LogP contribution in [-0.4, -0.2) is 36.1 Å². The maximum Gasteiger partial charge on any atom is 0.262 e. The van der Waals surface area contributed by atoms with Crippen molar-refractivity contribution in [2.75, 3.05) is 30.1 Å². The van der Waals surface area contributed by atoms with E-state index in [4.69, 9.17) is 11.6 Å². The monoisotopic (exact) mass is 488 g/mol. The van der Waals surface area contributed by atoms with Crippen LogP contribution in [0.5, 0.6) is 0 Å². The fraction of sp³-hybridized carbons (Fsp3) is 0.250. The molecular formula is C24H20ClF3N4O2. The van der Waals surface area contributed by atoms with E-state index in [0.29, 0.717) is 42.0 Å². The molecule has 3 heterocycles. The second-order valence-electron chi connectivity index (χ2n) is 8.47. The Hall–Kier alpha value is -3.30. The van der Waals surface area contributed by atoms with Crippen LogP contribution in [0.1, 0.15) is 28.0 Å². The Morgan fingerprint density at radius 2 is 1.65 bits per heavy atom. The smallest absolute Gasteiger partial charge is 0.262 e. The molecule has 0 atom stereocenters. The molecule has 6 nitrogen and oxygen atoms in total. The number of amides is 1. The molecule has 2 aliphatic rings. The number of aryl methyl sites for hydroxylation is 1. The summed E-state index contributed by atoms with van der Waals surface area (Å²) in [6, 6.07) is 7.41. The van der Waals surface area contributed by atoms with Crippen molar-refractivity contribution in [2.45, 2.75) is 19.4 Å². The van der Waals surface area contributed by atoms with Gasteiger partial charge in [-0.05, 0) is 50.7 Å². The average molecular weight is 489 g/mol. The van der Waals surface area contributed by atoms with Gasteiger partial charge in [0.2, 0.25) is 5.56 Å². The number of pyridine rings is 1. The number of H-pyrrole nitrogens is 1. The zero-order valence-electron chi connectivity index (χ0n) is 18.2. The third-order valence-corrected chi connectivity index (χ3v) is 6.62. The lowest BCUT2D eigenvalue weighted by atomic mass is 10.0. The van der Waals surface area contributed by atoms with E-state index in [9.17, 15) is 22.8 Å². The normalized spacial score (nSPS) is 16.3. The highest BCUT2D eigenvalue weighted by molar-refractivity contribution is 6.32. The van der Waals surface area contributed by atoms with Crippen LogP contribution in [0.2, 0.25) is 5.02 Å². The molecule has 0 unspecified atom stereocenters. The lowest BCUT2D eigenvalue weighted by molar-refractivity contribution is 0.0982. The first-order valence-corrected chi connectivity index (χ1v) is 11.1. The highest BCUT2D eigenvalue weighted by Gasteiger charge is 2.35. The minimum Gasteiger partial charge on any atom is -0.324 e. The largest absolute Gasteiger partial charge is 0.324 e. The van der Waals surface area contributed by atoms with E-state index in [1.54, 1.807) is 11.0 Å². The van der Waals surface area contributed by atoms with Crippen molar-refractivity contribution in [3.8, 4) is 0 Å². The summed E-state index contributed by atoms with van der Waals surface area (Å²) in [5.74, 6) is -3.40. The van der Waals surface area contributed by atoms with Gasteiger partial charge in [-0.25, -0.2) is 13.2 Å². The molecule has 1 N–H and O–H groups in total. The van der Waals surface area contributed by atoms with Gasteiger partial charge in [-0.2, -0.15) is 0 Å². The molecule has 176 valence electrons. The number of fused-ring (bicyclic) bond motifs is 8. The first-order valence-electron chi connectivity index (χ1n) is 10.7. The SMILES string of the molecule is CN1CCCc2[nH]c(=O)ccc2N2CN(c3cc(F)c(F)cc3C2=O)c2ccc(F)c(Cl)c2C1. The Kier molecular flexibility index (Phi) is 5.61.